The Morgan fingerprint density at radius 3 is 2.78 bits per heavy atom. The van der Waals surface area contributed by atoms with Gasteiger partial charge in [0.15, 0.2) is 0 Å². The third kappa shape index (κ3) is 5.24. The molecule has 1 unspecified atom stereocenters. The molecular weight excluding hydrogens is 320 g/mol. The van der Waals surface area contributed by atoms with Gasteiger partial charge in [-0.3, -0.25) is 14.3 Å². The molecule has 1 aromatic carbocycles. The van der Waals surface area contributed by atoms with Crippen molar-refractivity contribution in [2.24, 2.45) is 0 Å². The number of rotatable bonds is 7. The molecule has 100 valence electrons. The number of nitrogens with one attached hydrogen (secondary N) is 1. The lowest BCUT2D eigenvalue weighted by Crippen LogP contribution is -2.16. The molecule has 1 N–H and O–H groups in total. The van der Waals surface area contributed by atoms with E-state index < -0.39 is 15.7 Å². The van der Waals surface area contributed by atoms with Crippen molar-refractivity contribution in [1.82, 2.24) is 5.32 Å². The first-order valence-electron chi connectivity index (χ1n) is 5.44. The fourth-order valence-electron chi connectivity index (χ4n) is 1.42. The number of non-ortho nitro benzene ring substituents is 1. The summed E-state index contributed by atoms with van der Waals surface area (Å²) in [5, 5.41) is 13.8. The van der Waals surface area contributed by atoms with E-state index in [0.29, 0.717) is 12.3 Å². The molecule has 0 saturated carbocycles. The van der Waals surface area contributed by atoms with Gasteiger partial charge < -0.3 is 5.32 Å². The van der Waals surface area contributed by atoms with Gasteiger partial charge in [-0.05, 0) is 24.6 Å². The summed E-state index contributed by atoms with van der Waals surface area (Å²) >= 11 is 3.31. The highest BCUT2D eigenvalue weighted by molar-refractivity contribution is 9.10. The Hall–Kier alpha value is -0.790. The number of nitro groups is 1. The molecule has 0 spiro atoms. The lowest BCUT2D eigenvalue weighted by atomic mass is 10.2. The molecule has 0 fully saturated rings. The highest BCUT2D eigenvalue weighted by atomic mass is 79.9. The van der Waals surface area contributed by atoms with Crippen LogP contribution in [0.1, 0.15) is 12.0 Å². The molecule has 1 rings (SSSR count). The van der Waals surface area contributed by atoms with Gasteiger partial charge in [0.2, 0.25) is 0 Å². The Morgan fingerprint density at radius 2 is 2.22 bits per heavy atom. The van der Waals surface area contributed by atoms with Crippen molar-refractivity contribution in [1.29, 1.82) is 0 Å². The molecule has 0 aliphatic rings. The first kappa shape index (κ1) is 15.3. The molecular formula is C11H15BrN2O3S. The van der Waals surface area contributed by atoms with Crippen molar-refractivity contribution >= 4 is 32.4 Å². The van der Waals surface area contributed by atoms with Crippen LogP contribution >= 0.6 is 15.9 Å². The number of halogens is 1. The number of nitro benzene ring substituents is 1. The van der Waals surface area contributed by atoms with Crippen molar-refractivity contribution in [2.45, 2.75) is 13.0 Å². The van der Waals surface area contributed by atoms with E-state index in [1.807, 2.05) is 0 Å². The molecule has 5 nitrogen and oxygen atoms in total. The van der Waals surface area contributed by atoms with Gasteiger partial charge in [0.25, 0.3) is 5.69 Å². The smallest absolute Gasteiger partial charge is 0.270 e. The van der Waals surface area contributed by atoms with Gasteiger partial charge in [0.1, 0.15) is 0 Å². The van der Waals surface area contributed by atoms with Crippen LogP contribution < -0.4 is 5.32 Å². The molecule has 0 aliphatic heterocycles. The van der Waals surface area contributed by atoms with Crippen LogP contribution in [0.5, 0.6) is 0 Å². The van der Waals surface area contributed by atoms with Crippen LogP contribution in [0, 0.1) is 10.1 Å². The Labute approximate surface area is 117 Å². The zero-order valence-corrected chi connectivity index (χ0v) is 12.4. The summed E-state index contributed by atoms with van der Waals surface area (Å²) in [4.78, 5) is 10.1. The number of benzene rings is 1. The SMILES string of the molecule is CS(=O)CCCNCc1ccc([N+](=O)[O-])cc1Br. The van der Waals surface area contributed by atoms with Crippen LogP contribution in [0.3, 0.4) is 0 Å². The van der Waals surface area contributed by atoms with E-state index in [-0.39, 0.29) is 5.69 Å². The Bertz CT molecular complexity index is 454. The number of hydrogen-bond acceptors (Lipinski definition) is 4. The second-order valence-corrected chi connectivity index (χ2v) is 6.25. The largest absolute Gasteiger partial charge is 0.313 e. The van der Waals surface area contributed by atoms with Crippen LogP contribution in [0.4, 0.5) is 5.69 Å². The maximum Gasteiger partial charge on any atom is 0.270 e. The lowest BCUT2D eigenvalue weighted by Gasteiger charge is -2.06. The van der Waals surface area contributed by atoms with Gasteiger partial charge in [0.05, 0.1) is 4.92 Å². The van der Waals surface area contributed by atoms with Crippen LogP contribution in [-0.2, 0) is 17.3 Å². The molecule has 1 atom stereocenters. The van der Waals surface area contributed by atoms with Crippen molar-refractivity contribution in [2.75, 3.05) is 18.6 Å². The first-order valence-corrected chi connectivity index (χ1v) is 7.96. The monoisotopic (exact) mass is 334 g/mol. The molecule has 1 aromatic rings. The maximum absolute atomic E-state index is 10.8. The summed E-state index contributed by atoms with van der Waals surface area (Å²) in [5.74, 6) is 0.689. The van der Waals surface area contributed by atoms with Gasteiger partial charge in [-0.15, -0.1) is 0 Å². The fraction of sp³-hybridized carbons (Fsp3) is 0.455. The van der Waals surface area contributed by atoms with Crippen molar-refractivity contribution in [3.63, 3.8) is 0 Å². The Morgan fingerprint density at radius 1 is 1.50 bits per heavy atom. The molecule has 0 heterocycles. The molecule has 18 heavy (non-hydrogen) atoms. The third-order valence-electron chi connectivity index (χ3n) is 2.35. The van der Waals surface area contributed by atoms with E-state index in [2.05, 4.69) is 21.2 Å². The van der Waals surface area contributed by atoms with Gasteiger partial charge in [-0.1, -0.05) is 15.9 Å². The van der Waals surface area contributed by atoms with Crippen molar-refractivity contribution in [3.8, 4) is 0 Å². The molecule has 0 radical (unpaired) electrons. The quantitative estimate of drug-likeness (QED) is 0.471. The molecule has 0 saturated heterocycles. The number of nitrogens with zero attached hydrogens (tertiary/aromatic N) is 1. The molecule has 0 aliphatic carbocycles. The summed E-state index contributed by atoms with van der Waals surface area (Å²) in [6.07, 6.45) is 2.54. The zero-order chi connectivity index (χ0) is 13.5. The van der Waals surface area contributed by atoms with Crippen LogP contribution in [0.25, 0.3) is 0 Å². The Kier molecular flexibility index (Phi) is 6.45. The minimum atomic E-state index is -0.751. The van der Waals surface area contributed by atoms with Crippen LogP contribution in [-0.4, -0.2) is 27.7 Å². The van der Waals surface area contributed by atoms with Gasteiger partial charge >= 0.3 is 0 Å². The van der Waals surface area contributed by atoms with E-state index in [9.17, 15) is 14.3 Å². The summed E-state index contributed by atoms with van der Waals surface area (Å²) in [6.45, 7) is 1.41. The summed E-state index contributed by atoms with van der Waals surface area (Å²) < 4.78 is 11.6. The van der Waals surface area contributed by atoms with E-state index in [0.717, 1.165) is 23.0 Å². The maximum atomic E-state index is 10.8. The molecule has 7 heteroatoms. The highest BCUT2D eigenvalue weighted by Crippen LogP contribution is 2.22. The molecule has 0 bridgehead atoms. The van der Waals surface area contributed by atoms with Gasteiger partial charge in [-0.2, -0.15) is 0 Å². The van der Waals surface area contributed by atoms with Crippen molar-refractivity contribution in [3.05, 3.63) is 38.3 Å². The average molecular weight is 335 g/mol. The predicted molar refractivity (Wildman–Crippen MR) is 76.1 cm³/mol. The predicted octanol–water partition coefficient (Wildman–Crippen LogP) is 2.22. The topological polar surface area (TPSA) is 72.2 Å². The summed E-state index contributed by atoms with van der Waals surface area (Å²) in [5.41, 5.74) is 1.05. The Balaban J connectivity index is 2.43. The standard InChI is InChI=1S/C11H15BrN2O3S/c1-18(17)6-2-5-13-8-9-3-4-10(14(15)16)7-11(9)12/h3-4,7,13H,2,5-6,8H2,1H3. The fourth-order valence-corrected chi connectivity index (χ4v) is 2.47. The van der Waals surface area contributed by atoms with E-state index >= 15 is 0 Å². The molecule has 0 amide bonds. The third-order valence-corrected chi connectivity index (χ3v) is 3.95. The molecule has 0 aromatic heterocycles. The average Bonchev–Trinajstić information content (AvgIpc) is 2.29. The van der Waals surface area contributed by atoms with Crippen LogP contribution in [0.15, 0.2) is 22.7 Å². The summed E-state index contributed by atoms with van der Waals surface area (Å²) in [7, 11) is -0.751. The van der Waals surface area contributed by atoms with Gasteiger partial charge in [-0.25, -0.2) is 0 Å². The van der Waals surface area contributed by atoms with Gasteiger partial charge in [0, 0.05) is 46.0 Å². The zero-order valence-electron chi connectivity index (χ0n) is 10.0. The minimum absolute atomic E-state index is 0.0759. The van der Waals surface area contributed by atoms with E-state index in [1.165, 1.54) is 12.1 Å². The van der Waals surface area contributed by atoms with Crippen LogP contribution in [0.2, 0.25) is 0 Å². The summed E-state index contributed by atoms with van der Waals surface area (Å²) in [6, 6.07) is 4.72. The highest BCUT2D eigenvalue weighted by Gasteiger charge is 2.08. The minimum Gasteiger partial charge on any atom is -0.313 e. The number of hydrogen-bond donors (Lipinski definition) is 1. The normalized spacial score (nSPS) is 12.3. The van der Waals surface area contributed by atoms with E-state index in [4.69, 9.17) is 0 Å². The van der Waals surface area contributed by atoms with E-state index in [1.54, 1.807) is 12.3 Å². The lowest BCUT2D eigenvalue weighted by molar-refractivity contribution is -0.384. The van der Waals surface area contributed by atoms with Crippen molar-refractivity contribution < 1.29 is 9.13 Å². The second-order valence-electron chi connectivity index (χ2n) is 3.84. The first-order chi connectivity index (χ1) is 8.50. The second kappa shape index (κ2) is 7.60.